The molecular formula is C19H37O3P. The fourth-order valence-electron chi connectivity index (χ4n) is 2.31. The molecule has 0 saturated heterocycles. The van der Waals surface area contributed by atoms with Crippen molar-refractivity contribution >= 4 is 7.60 Å². The first-order chi connectivity index (χ1) is 11.1. The highest BCUT2D eigenvalue weighted by atomic mass is 31.2. The van der Waals surface area contributed by atoms with Gasteiger partial charge in [-0.05, 0) is 32.1 Å². The SMILES string of the molecule is CCCC/C=C\C/C=C\CCCCCCCCCOP(C)(=O)O. The standard InChI is InChI=1S/C19H37O3P/c1-3-4-5-6-7-8-9-10-11-12-13-14-15-16-17-18-19-22-23(2,20)21/h6-7,9-10H,3-5,8,11-19H2,1-2H3,(H,20,21)/b7-6-,10-9-. The van der Waals surface area contributed by atoms with E-state index in [2.05, 4.69) is 31.2 Å². The molecule has 0 spiro atoms. The van der Waals surface area contributed by atoms with Crippen LogP contribution in [0.5, 0.6) is 0 Å². The van der Waals surface area contributed by atoms with Crippen molar-refractivity contribution in [1.29, 1.82) is 0 Å². The summed E-state index contributed by atoms with van der Waals surface area (Å²) >= 11 is 0. The summed E-state index contributed by atoms with van der Waals surface area (Å²) in [4.78, 5) is 8.97. The van der Waals surface area contributed by atoms with E-state index in [4.69, 9.17) is 9.42 Å². The Morgan fingerprint density at radius 1 is 0.826 bits per heavy atom. The Morgan fingerprint density at radius 2 is 1.35 bits per heavy atom. The predicted molar refractivity (Wildman–Crippen MR) is 101 cm³/mol. The molecule has 0 fully saturated rings. The summed E-state index contributed by atoms with van der Waals surface area (Å²) < 4.78 is 15.7. The predicted octanol–water partition coefficient (Wildman–Crippen LogP) is 6.63. The first kappa shape index (κ1) is 22.6. The van der Waals surface area contributed by atoms with Crippen LogP contribution in [0.4, 0.5) is 0 Å². The number of unbranched alkanes of at least 4 members (excludes halogenated alkanes) is 9. The van der Waals surface area contributed by atoms with E-state index in [1.807, 2.05) is 0 Å². The Labute approximate surface area is 143 Å². The first-order valence-corrected chi connectivity index (χ1v) is 11.3. The second kappa shape index (κ2) is 16.5. The van der Waals surface area contributed by atoms with Gasteiger partial charge in [0.15, 0.2) is 0 Å². The molecule has 0 heterocycles. The van der Waals surface area contributed by atoms with Gasteiger partial charge in [0.05, 0.1) is 6.61 Å². The van der Waals surface area contributed by atoms with Gasteiger partial charge in [-0.3, -0.25) is 4.57 Å². The van der Waals surface area contributed by atoms with E-state index >= 15 is 0 Å². The van der Waals surface area contributed by atoms with Crippen LogP contribution < -0.4 is 0 Å². The smallest absolute Gasteiger partial charge is 0.324 e. The summed E-state index contributed by atoms with van der Waals surface area (Å²) in [5.74, 6) is 0. The third-order valence-corrected chi connectivity index (χ3v) is 4.34. The van der Waals surface area contributed by atoms with Gasteiger partial charge in [0.1, 0.15) is 0 Å². The second-order valence-electron chi connectivity index (χ2n) is 6.22. The zero-order valence-electron chi connectivity index (χ0n) is 15.2. The van der Waals surface area contributed by atoms with Crippen LogP contribution in [0.1, 0.15) is 84.0 Å². The molecule has 0 aromatic carbocycles. The van der Waals surface area contributed by atoms with E-state index in [1.165, 1.54) is 64.5 Å². The van der Waals surface area contributed by atoms with E-state index in [1.54, 1.807) is 0 Å². The molecule has 0 aromatic heterocycles. The average molecular weight is 344 g/mol. The van der Waals surface area contributed by atoms with Crippen molar-refractivity contribution in [2.75, 3.05) is 13.3 Å². The molecule has 0 aromatic rings. The summed E-state index contributed by atoms with van der Waals surface area (Å²) in [5, 5.41) is 0. The molecule has 136 valence electrons. The van der Waals surface area contributed by atoms with Gasteiger partial charge in [-0.15, -0.1) is 0 Å². The maximum absolute atomic E-state index is 10.9. The lowest BCUT2D eigenvalue weighted by Crippen LogP contribution is -1.91. The molecule has 0 rings (SSSR count). The Hall–Kier alpha value is -0.370. The van der Waals surface area contributed by atoms with Crippen molar-refractivity contribution in [2.45, 2.75) is 84.0 Å². The lowest BCUT2D eigenvalue weighted by molar-refractivity contribution is 0.257. The summed E-state index contributed by atoms with van der Waals surface area (Å²) in [6.07, 6.45) is 23.5. The van der Waals surface area contributed by atoms with E-state index in [0.717, 1.165) is 19.3 Å². The molecule has 23 heavy (non-hydrogen) atoms. The third-order valence-electron chi connectivity index (χ3n) is 3.68. The normalized spacial score (nSPS) is 14.7. The molecule has 0 saturated carbocycles. The van der Waals surface area contributed by atoms with Gasteiger partial charge in [0.25, 0.3) is 0 Å². The van der Waals surface area contributed by atoms with E-state index in [-0.39, 0.29) is 0 Å². The van der Waals surface area contributed by atoms with Gasteiger partial charge in [-0.2, -0.15) is 0 Å². The van der Waals surface area contributed by atoms with Gasteiger partial charge >= 0.3 is 7.60 Å². The van der Waals surface area contributed by atoms with Crippen LogP contribution in [0, 0.1) is 0 Å². The van der Waals surface area contributed by atoms with Crippen LogP contribution >= 0.6 is 7.60 Å². The maximum atomic E-state index is 10.9. The molecule has 0 aliphatic carbocycles. The quantitative estimate of drug-likeness (QED) is 0.194. The Kier molecular flexibility index (Phi) is 16.2. The van der Waals surface area contributed by atoms with Crippen LogP contribution in [0.25, 0.3) is 0 Å². The minimum absolute atomic E-state index is 0.405. The molecule has 3 nitrogen and oxygen atoms in total. The second-order valence-corrected chi connectivity index (χ2v) is 8.08. The Balaban J connectivity index is 3.18. The maximum Gasteiger partial charge on any atom is 0.325 e. The minimum atomic E-state index is -3.27. The van der Waals surface area contributed by atoms with Crippen molar-refractivity contribution in [3.05, 3.63) is 24.3 Å². The minimum Gasteiger partial charge on any atom is -0.324 e. The van der Waals surface area contributed by atoms with E-state index < -0.39 is 7.60 Å². The van der Waals surface area contributed by atoms with Crippen molar-refractivity contribution < 1.29 is 14.0 Å². The zero-order chi connectivity index (χ0) is 17.2. The monoisotopic (exact) mass is 344 g/mol. The van der Waals surface area contributed by atoms with Crippen LogP contribution in [0.15, 0.2) is 24.3 Å². The largest absolute Gasteiger partial charge is 0.325 e. The number of hydrogen-bond acceptors (Lipinski definition) is 2. The third kappa shape index (κ3) is 21.6. The van der Waals surface area contributed by atoms with Crippen LogP contribution in [0.2, 0.25) is 0 Å². The summed E-state index contributed by atoms with van der Waals surface area (Å²) in [6.45, 7) is 3.87. The molecule has 1 unspecified atom stereocenters. The van der Waals surface area contributed by atoms with Crippen LogP contribution in [-0.4, -0.2) is 18.2 Å². The summed E-state index contributed by atoms with van der Waals surface area (Å²) in [7, 11) is -3.27. The van der Waals surface area contributed by atoms with E-state index in [0.29, 0.717) is 6.61 Å². The van der Waals surface area contributed by atoms with Gasteiger partial charge in [-0.1, -0.05) is 76.2 Å². The molecule has 0 radical (unpaired) electrons. The van der Waals surface area contributed by atoms with E-state index in [9.17, 15) is 4.57 Å². The lowest BCUT2D eigenvalue weighted by atomic mass is 10.1. The first-order valence-electron chi connectivity index (χ1n) is 9.31. The van der Waals surface area contributed by atoms with Gasteiger partial charge in [-0.25, -0.2) is 0 Å². The van der Waals surface area contributed by atoms with Crippen LogP contribution in [-0.2, 0) is 9.09 Å². The number of hydrogen-bond donors (Lipinski definition) is 1. The molecule has 1 atom stereocenters. The van der Waals surface area contributed by atoms with Gasteiger partial charge < -0.3 is 9.42 Å². The fraction of sp³-hybridized carbons (Fsp3) is 0.789. The molecule has 1 N–H and O–H groups in total. The van der Waals surface area contributed by atoms with Crippen LogP contribution in [0.3, 0.4) is 0 Å². The Bertz CT molecular complexity index is 345. The topological polar surface area (TPSA) is 46.5 Å². The highest BCUT2D eigenvalue weighted by Gasteiger charge is 2.08. The summed E-state index contributed by atoms with van der Waals surface area (Å²) in [6, 6.07) is 0. The highest BCUT2D eigenvalue weighted by Crippen LogP contribution is 2.36. The molecular weight excluding hydrogens is 307 g/mol. The van der Waals surface area contributed by atoms with Crippen molar-refractivity contribution in [2.24, 2.45) is 0 Å². The highest BCUT2D eigenvalue weighted by molar-refractivity contribution is 7.51. The molecule has 0 bridgehead atoms. The molecule has 0 aliphatic rings. The number of rotatable bonds is 16. The van der Waals surface area contributed by atoms with Gasteiger partial charge in [0, 0.05) is 6.66 Å². The van der Waals surface area contributed by atoms with Crippen molar-refractivity contribution in [3.8, 4) is 0 Å². The van der Waals surface area contributed by atoms with Crippen molar-refractivity contribution in [1.82, 2.24) is 0 Å². The lowest BCUT2D eigenvalue weighted by Gasteiger charge is -2.06. The number of allylic oxidation sites excluding steroid dienone is 4. The molecule has 0 amide bonds. The van der Waals surface area contributed by atoms with Crippen molar-refractivity contribution in [3.63, 3.8) is 0 Å². The average Bonchev–Trinajstić information content (AvgIpc) is 2.49. The Morgan fingerprint density at radius 3 is 1.91 bits per heavy atom. The molecule has 0 aliphatic heterocycles. The summed E-state index contributed by atoms with van der Waals surface area (Å²) in [5.41, 5.74) is 0. The molecule has 4 heteroatoms. The zero-order valence-corrected chi connectivity index (χ0v) is 16.1. The van der Waals surface area contributed by atoms with Gasteiger partial charge in [0.2, 0.25) is 0 Å². The fourth-order valence-corrected chi connectivity index (χ4v) is 2.78.